The molecular weight excluding hydrogens is 378 g/mol. The van der Waals surface area contributed by atoms with Gasteiger partial charge >= 0.3 is 17.1 Å². The molecule has 1 atom stereocenters. The van der Waals surface area contributed by atoms with E-state index >= 15 is 0 Å². The lowest BCUT2D eigenvalue weighted by molar-refractivity contribution is 0.0887. The number of hydrogen-bond donors (Lipinski definition) is 1. The van der Waals surface area contributed by atoms with Crippen LogP contribution in [0.1, 0.15) is 17.3 Å². The van der Waals surface area contributed by atoms with E-state index < -0.39 is 23.2 Å². The van der Waals surface area contributed by atoms with Crippen LogP contribution >= 0.6 is 0 Å². The molecule has 0 saturated carbocycles. The van der Waals surface area contributed by atoms with E-state index in [9.17, 15) is 24.3 Å². The number of rotatable bonds is 10. The standard InChI is InChI=1S/C20H23N3O6/c1-4-10-21-18(26)22(11-5-2)20(28)23(19(21)27)12-16(25)13-29-17-8-6-15(7-9-17)14(3)24/h4-9,16,25H,1-2,10-13H2,3H3. The van der Waals surface area contributed by atoms with Crippen molar-refractivity contribution < 1.29 is 14.6 Å². The van der Waals surface area contributed by atoms with Crippen molar-refractivity contribution in [2.75, 3.05) is 6.61 Å². The number of aliphatic hydroxyl groups is 1. The summed E-state index contributed by atoms with van der Waals surface area (Å²) in [6.45, 7) is 7.73. The summed E-state index contributed by atoms with van der Waals surface area (Å²) in [5.41, 5.74) is -1.93. The average molecular weight is 401 g/mol. The minimum Gasteiger partial charge on any atom is -0.491 e. The van der Waals surface area contributed by atoms with Gasteiger partial charge in [-0.3, -0.25) is 4.79 Å². The third kappa shape index (κ3) is 5.08. The Balaban J connectivity index is 2.23. The number of allylic oxidation sites excluding steroid dienone is 2. The predicted molar refractivity (Wildman–Crippen MR) is 108 cm³/mol. The molecule has 2 aromatic rings. The molecule has 0 radical (unpaired) electrons. The zero-order valence-electron chi connectivity index (χ0n) is 16.1. The first-order chi connectivity index (χ1) is 13.8. The molecule has 0 amide bonds. The smallest absolute Gasteiger partial charge is 0.336 e. The van der Waals surface area contributed by atoms with Crippen molar-refractivity contribution in [2.24, 2.45) is 0 Å². The topological polar surface area (TPSA) is 113 Å². The van der Waals surface area contributed by atoms with Gasteiger partial charge in [0.15, 0.2) is 5.78 Å². The zero-order chi connectivity index (χ0) is 21.6. The van der Waals surface area contributed by atoms with E-state index in [1.165, 1.54) is 19.1 Å². The Bertz CT molecular complexity index is 1030. The van der Waals surface area contributed by atoms with E-state index in [1.54, 1.807) is 24.3 Å². The quantitative estimate of drug-likeness (QED) is 0.449. The average Bonchev–Trinajstić information content (AvgIpc) is 2.70. The van der Waals surface area contributed by atoms with Gasteiger partial charge in [-0.05, 0) is 31.2 Å². The van der Waals surface area contributed by atoms with Crippen LogP contribution in [0, 0.1) is 0 Å². The summed E-state index contributed by atoms with van der Waals surface area (Å²) in [4.78, 5) is 48.6. The Morgan fingerprint density at radius 1 is 1.00 bits per heavy atom. The summed E-state index contributed by atoms with van der Waals surface area (Å²) in [6.07, 6.45) is 1.53. The van der Waals surface area contributed by atoms with E-state index in [1.807, 2.05) is 0 Å². The Hall–Kier alpha value is -3.46. The lowest BCUT2D eigenvalue weighted by Gasteiger charge is -2.16. The van der Waals surface area contributed by atoms with Gasteiger partial charge in [0, 0.05) is 5.56 Å². The molecule has 0 aliphatic heterocycles. The van der Waals surface area contributed by atoms with Crippen molar-refractivity contribution in [1.29, 1.82) is 0 Å². The molecule has 1 aromatic carbocycles. The van der Waals surface area contributed by atoms with Crippen LogP contribution in [-0.2, 0) is 19.6 Å². The zero-order valence-corrected chi connectivity index (χ0v) is 16.1. The molecule has 1 N–H and O–H groups in total. The lowest BCUT2D eigenvalue weighted by atomic mass is 10.1. The van der Waals surface area contributed by atoms with Crippen LogP contribution in [0.4, 0.5) is 0 Å². The maximum atomic E-state index is 12.5. The van der Waals surface area contributed by atoms with Gasteiger partial charge in [-0.2, -0.15) is 0 Å². The van der Waals surface area contributed by atoms with Crippen LogP contribution in [0.15, 0.2) is 64.0 Å². The van der Waals surface area contributed by atoms with Crippen LogP contribution in [0.5, 0.6) is 5.75 Å². The molecule has 0 spiro atoms. The molecule has 0 bridgehead atoms. The number of carbonyl (C=O) groups is 1. The van der Waals surface area contributed by atoms with Gasteiger partial charge in [-0.1, -0.05) is 12.2 Å². The molecule has 1 heterocycles. The molecule has 1 aromatic heterocycles. The number of hydrogen-bond acceptors (Lipinski definition) is 6. The summed E-state index contributed by atoms with van der Waals surface area (Å²) < 4.78 is 7.93. The molecule has 0 aliphatic rings. The van der Waals surface area contributed by atoms with Crippen molar-refractivity contribution in [3.05, 3.63) is 86.6 Å². The maximum Gasteiger partial charge on any atom is 0.336 e. The molecule has 1 unspecified atom stereocenters. The Morgan fingerprint density at radius 2 is 1.48 bits per heavy atom. The minimum atomic E-state index is -1.19. The first-order valence-corrected chi connectivity index (χ1v) is 8.88. The normalized spacial score (nSPS) is 11.7. The Morgan fingerprint density at radius 3 is 1.93 bits per heavy atom. The molecule has 0 fully saturated rings. The molecule has 2 rings (SSSR count). The third-order valence-corrected chi connectivity index (χ3v) is 4.11. The van der Waals surface area contributed by atoms with E-state index in [0.717, 1.165) is 13.7 Å². The van der Waals surface area contributed by atoms with E-state index in [-0.39, 0.29) is 32.0 Å². The molecular formula is C20H23N3O6. The van der Waals surface area contributed by atoms with E-state index in [4.69, 9.17) is 4.74 Å². The van der Waals surface area contributed by atoms with Gasteiger partial charge in [0.05, 0.1) is 19.6 Å². The number of aromatic nitrogens is 3. The van der Waals surface area contributed by atoms with Crippen molar-refractivity contribution in [2.45, 2.75) is 32.7 Å². The van der Waals surface area contributed by atoms with Crippen LogP contribution in [-0.4, -0.2) is 37.3 Å². The lowest BCUT2D eigenvalue weighted by Crippen LogP contribution is -2.55. The highest BCUT2D eigenvalue weighted by atomic mass is 16.5. The van der Waals surface area contributed by atoms with Gasteiger partial charge in [0.2, 0.25) is 0 Å². The number of nitrogens with zero attached hydrogens (tertiary/aromatic N) is 3. The van der Waals surface area contributed by atoms with Gasteiger partial charge < -0.3 is 9.84 Å². The molecule has 0 aliphatic carbocycles. The minimum absolute atomic E-state index is 0.0792. The first kappa shape index (κ1) is 21.8. The number of carbonyl (C=O) groups excluding carboxylic acids is 1. The number of ketones is 1. The first-order valence-electron chi connectivity index (χ1n) is 8.88. The fourth-order valence-corrected chi connectivity index (χ4v) is 2.65. The maximum absolute atomic E-state index is 12.5. The second-order valence-electron chi connectivity index (χ2n) is 6.30. The van der Waals surface area contributed by atoms with Gasteiger partial charge in [0.25, 0.3) is 0 Å². The van der Waals surface area contributed by atoms with Crippen LogP contribution in [0.2, 0.25) is 0 Å². The number of ether oxygens (including phenoxy) is 1. The predicted octanol–water partition coefficient (Wildman–Crippen LogP) is 0.186. The summed E-state index contributed by atoms with van der Waals surface area (Å²) in [7, 11) is 0. The SMILES string of the molecule is C=CCn1c(=O)n(CC=C)c(=O)n(CC(O)COc2ccc(C(C)=O)cc2)c1=O. The van der Waals surface area contributed by atoms with Crippen LogP contribution in [0.25, 0.3) is 0 Å². The van der Waals surface area contributed by atoms with Crippen molar-refractivity contribution in [1.82, 2.24) is 13.7 Å². The summed E-state index contributed by atoms with van der Waals surface area (Å²) in [6, 6.07) is 6.34. The van der Waals surface area contributed by atoms with Gasteiger partial charge in [-0.25, -0.2) is 28.1 Å². The highest BCUT2D eigenvalue weighted by Crippen LogP contribution is 2.12. The van der Waals surface area contributed by atoms with E-state index in [0.29, 0.717) is 11.3 Å². The highest BCUT2D eigenvalue weighted by molar-refractivity contribution is 5.94. The number of benzene rings is 1. The largest absolute Gasteiger partial charge is 0.491 e. The number of Topliss-reactive ketones (excluding diaryl/α,β-unsaturated/α-hetero) is 1. The van der Waals surface area contributed by atoms with Crippen LogP contribution < -0.4 is 21.8 Å². The molecule has 154 valence electrons. The number of aliphatic hydroxyl groups excluding tert-OH is 1. The molecule has 29 heavy (non-hydrogen) atoms. The fraction of sp³-hybridized carbons (Fsp3) is 0.300. The van der Waals surface area contributed by atoms with Crippen molar-refractivity contribution in [3.8, 4) is 5.75 Å². The summed E-state index contributed by atoms with van der Waals surface area (Å²) in [5.74, 6) is 0.337. The van der Waals surface area contributed by atoms with E-state index in [2.05, 4.69) is 13.2 Å². The summed E-state index contributed by atoms with van der Waals surface area (Å²) >= 11 is 0. The summed E-state index contributed by atoms with van der Waals surface area (Å²) in [5, 5.41) is 10.3. The van der Waals surface area contributed by atoms with Gasteiger partial charge in [0.1, 0.15) is 18.5 Å². The second kappa shape index (κ2) is 9.65. The van der Waals surface area contributed by atoms with Crippen LogP contribution in [0.3, 0.4) is 0 Å². The molecule has 9 nitrogen and oxygen atoms in total. The monoisotopic (exact) mass is 401 g/mol. The highest BCUT2D eigenvalue weighted by Gasteiger charge is 2.17. The molecule has 0 saturated heterocycles. The van der Waals surface area contributed by atoms with Crippen molar-refractivity contribution in [3.63, 3.8) is 0 Å². The third-order valence-electron chi connectivity index (χ3n) is 4.11. The Kier molecular flexibility index (Phi) is 7.27. The van der Waals surface area contributed by atoms with Crippen molar-refractivity contribution >= 4 is 5.78 Å². The second-order valence-corrected chi connectivity index (χ2v) is 6.30. The Labute approximate surface area is 166 Å². The molecule has 9 heteroatoms. The van der Waals surface area contributed by atoms with Gasteiger partial charge in [-0.15, -0.1) is 13.2 Å². The fourth-order valence-electron chi connectivity index (χ4n) is 2.65.